The second-order valence-electron chi connectivity index (χ2n) is 6.85. The number of anilines is 1. The summed E-state index contributed by atoms with van der Waals surface area (Å²) < 4.78 is 5.15. The van der Waals surface area contributed by atoms with Crippen LogP contribution in [-0.4, -0.2) is 28.8 Å². The number of amides is 1. The van der Waals surface area contributed by atoms with Gasteiger partial charge in [0.15, 0.2) is 11.8 Å². The summed E-state index contributed by atoms with van der Waals surface area (Å²) in [5, 5.41) is 10.4. The van der Waals surface area contributed by atoms with Gasteiger partial charge in [0, 0.05) is 10.0 Å². The number of hydrogen-bond acceptors (Lipinski definition) is 5. The van der Waals surface area contributed by atoms with Crippen LogP contribution in [0.2, 0.25) is 10.0 Å². The summed E-state index contributed by atoms with van der Waals surface area (Å²) in [5.74, 6) is -0.845. The van der Waals surface area contributed by atoms with Crippen molar-refractivity contribution in [2.24, 2.45) is 4.99 Å². The third-order valence-corrected chi connectivity index (χ3v) is 5.96. The molecule has 3 aromatic carbocycles. The second-order valence-corrected chi connectivity index (χ2v) is 8.73. The lowest BCUT2D eigenvalue weighted by Gasteiger charge is -2.15. The summed E-state index contributed by atoms with van der Waals surface area (Å²) in [6.45, 7) is -0.421. The van der Waals surface area contributed by atoms with Crippen LogP contribution in [0.4, 0.5) is 11.4 Å². The van der Waals surface area contributed by atoms with Gasteiger partial charge in [0.05, 0.1) is 16.3 Å². The molecule has 0 aliphatic carbocycles. The summed E-state index contributed by atoms with van der Waals surface area (Å²) in [6, 6.07) is 20.8. The molecule has 0 saturated carbocycles. The van der Waals surface area contributed by atoms with E-state index in [-0.39, 0.29) is 5.91 Å². The molecule has 0 radical (unpaired) electrons. The molecule has 1 heterocycles. The zero-order valence-electron chi connectivity index (χ0n) is 16.9. The van der Waals surface area contributed by atoms with Gasteiger partial charge in [-0.3, -0.25) is 9.69 Å². The highest BCUT2D eigenvalue weighted by atomic mass is 35.5. The summed E-state index contributed by atoms with van der Waals surface area (Å²) in [7, 11) is 0. The fourth-order valence-corrected chi connectivity index (χ4v) is 4.20. The van der Waals surface area contributed by atoms with E-state index >= 15 is 0 Å². The topological polar surface area (TPSA) is 79.2 Å². The predicted octanol–water partition coefficient (Wildman–Crippen LogP) is 6.27. The van der Waals surface area contributed by atoms with Gasteiger partial charge in [0.25, 0.3) is 5.91 Å². The highest BCUT2D eigenvalue weighted by Gasteiger charge is 2.34. The average Bonchev–Trinajstić information content (AvgIpc) is 3.10. The van der Waals surface area contributed by atoms with Crippen molar-refractivity contribution in [3.8, 4) is 5.75 Å². The van der Waals surface area contributed by atoms with Crippen molar-refractivity contribution < 1.29 is 19.4 Å². The number of benzene rings is 3. The van der Waals surface area contributed by atoms with Crippen molar-refractivity contribution in [3.63, 3.8) is 0 Å². The molecular weight excluding hydrogens is 483 g/mol. The normalized spacial score (nSPS) is 15.9. The van der Waals surface area contributed by atoms with Crippen molar-refractivity contribution in [1.82, 2.24) is 0 Å². The van der Waals surface area contributed by atoms with E-state index in [1.165, 1.54) is 16.7 Å². The van der Waals surface area contributed by atoms with Gasteiger partial charge < -0.3 is 9.84 Å². The van der Waals surface area contributed by atoms with Crippen LogP contribution < -0.4 is 9.64 Å². The number of ether oxygens (including phenoxy) is 1. The first-order valence-corrected chi connectivity index (χ1v) is 11.2. The molecule has 1 saturated heterocycles. The molecule has 0 spiro atoms. The molecule has 1 N–H and O–H groups in total. The highest BCUT2D eigenvalue weighted by Crippen LogP contribution is 2.38. The first-order chi connectivity index (χ1) is 15.9. The van der Waals surface area contributed by atoms with E-state index in [9.17, 15) is 9.59 Å². The number of rotatable bonds is 6. The standard InChI is InChI=1S/C24H16Cl2N2O4S/c25-16-3-7-18(8-4-16)27-24-28(19-9-5-17(26)6-10-19)23(31)21(33-24)13-15-1-11-20(12-2-15)32-14-22(29)30/h1-13H,14H2,(H,29,30)/b21-13-,27-24?. The molecule has 9 heteroatoms. The molecule has 6 nitrogen and oxygen atoms in total. The molecule has 0 atom stereocenters. The third kappa shape index (κ3) is 5.76. The molecule has 33 heavy (non-hydrogen) atoms. The molecular formula is C24H16Cl2N2O4S. The lowest BCUT2D eigenvalue weighted by Crippen LogP contribution is -2.28. The molecule has 0 aromatic heterocycles. The van der Waals surface area contributed by atoms with Crippen LogP contribution in [0.15, 0.2) is 82.7 Å². The molecule has 3 aromatic rings. The SMILES string of the molecule is O=C(O)COc1ccc(/C=C2\SC(=Nc3ccc(Cl)cc3)N(c3ccc(Cl)cc3)C2=O)cc1. The van der Waals surface area contributed by atoms with E-state index in [1.807, 2.05) is 0 Å². The van der Waals surface area contributed by atoms with E-state index in [0.29, 0.717) is 37.2 Å². The van der Waals surface area contributed by atoms with Crippen LogP contribution in [0.3, 0.4) is 0 Å². The number of carboxylic acid groups (broad SMARTS) is 1. The minimum atomic E-state index is -1.05. The van der Waals surface area contributed by atoms with Gasteiger partial charge >= 0.3 is 5.97 Å². The molecule has 1 aliphatic heterocycles. The van der Waals surface area contributed by atoms with Crippen LogP contribution in [0.5, 0.6) is 5.75 Å². The Kier molecular flexibility index (Phi) is 7.03. The number of amidine groups is 1. The number of aliphatic carboxylic acids is 1. The number of carbonyl (C=O) groups is 2. The van der Waals surface area contributed by atoms with Crippen molar-refractivity contribution in [3.05, 3.63) is 93.3 Å². The van der Waals surface area contributed by atoms with E-state index in [2.05, 4.69) is 4.99 Å². The van der Waals surface area contributed by atoms with Crippen molar-refractivity contribution in [2.75, 3.05) is 11.5 Å². The summed E-state index contributed by atoms with van der Waals surface area (Å²) >= 11 is 13.2. The first kappa shape index (κ1) is 22.9. The molecule has 0 bridgehead atoms. The predicted molar refractivity (Wildman–Crippen MR) is 133 cm³/mol. The van der Waals surface area contributed by atoms with E-state index in [4.69, 9.17) is 33.0 Å². The summed E-state index contributed by atoms with van der Waals surface area (Å²) in [6.07, 6.45) is 1.75. The Morgan fingerprint density at radius 2 is 1.58 bits per heavy atom. The fraction of sp³-hybridized carbons (Fsp3) is 0.0417. The molecule has 0 unspecified atom stereocenters. The van der Waals surface area contributed by atoms with Gasteiger partial charge in [-0.05, 0) is 84.1 Å². The Hall–Kier alpha value is -3.26. The smallest absolute Gasteiger partial charge is 0.341 e. The number of halogens is 2. The zero-order chi connectivity index (χ0) is 23.4. The zero-order valence-corrected chi connectivity index (χ0v) is 19.3. The Balaban J connectivity index is 1.65. The number of carbonyl (C=O) groups excluding carboxylic acids is 1. The molecule has 1 fully saturated rings. The van der Waals surface area contributed by atoms with Gasteiger partial charge in [-0.1, -0.05) is 35.3 Å². The maximum atomic E-state index is 13.3. The Labute approximate surface area is 204 Å². The Bertz CT molecular complexity index is 1240. The van der Waals surface area contributed by atoms with Gasteiger partial charge in [0.1, 0.15) is 5.75 Å². The highest BCUT2D eigenvalue weighted by molar-refractivity contribution is 8.19. The monoisotopic (exact) mass is 498 g/mol. The lowest BCUT2D eigenvalue weighted by molar-refractivity contribution is -0.139. The largest absolute Gasteiger partial charge is 0.482 e. The molecule has 4 rings (SSSR count). The maximum absolute atomic E-state index is 13.3. The number of hydrogen-bond donors (Lipinski definition) is 1. The summed E-state index contributed by atoms with van der Waals surface area (Å²) in [5.41, 5.74) is 2.07. The molecule has 166 valence electrons. The number of thioether (sulfide) groups is 1. The minimum Gasteiger partial charge on any atom is -0.482 e. The van der Waals surface area contributed by atoms with E-state index < -0.39 is 12.6 Å². The molecule has 1 aliphatic rings. The van der Waals surface area contributed by atoms with Gasteiger partial charge in [-0.2, -0.15) is 0 Å². The average molecular weight is 499 g/mol. The Morgan fingerprint density at radius 3 is 2.18 bits per heavy atom. The number of aliphatic imine (C=N–C) groups is 1. The maximum Gasteiger partial charge on any atom is 0.341 e. The lowest BCUT2D eigenvalue weighted by atomic mass is 10.2. The third-order valence-electron chi connectivity index (χ3n) is 4.48. The van der Waals surface area contributed by atoms with Gasteiger partial charge in [-0.15, -0.1) is 0 Å². The van der Waals surface area contributed by atoms with E-state index in [0.717, 1.165) is 5.56 Å². The van der Waals surface area contributed by atoms with Gasteiger partial charge in [-0.25, -0.2) is 9.79 Å². The van der Waals surface area contributed by atoms with Crippen molar-refractivity contribution in [2.45, 2.75) is 0 Å². The first-order valence-electron chi connectivity index (χ1n) is 9.67. The van der Waals surface area contributed by atoms with E-state index in [1.54, 1.807) is 78.9 Å². The quantitative estimate of drug-likeness (QED) is 0.405. The fourth-order valence-electron chi connectivity index (χ4n) is 2.95. The Morgan fingerprint density at radius 1 is 0.970 bits per heavy atom. The van der Waals surface area contributed by atoms with Crippen molar-refractivity contribution in [1.29, 1.82) is 0 Å². The van der Waals surface area contributed by atoms with Crippen LogP contribution >= 0.6 is 35.0 Å². The number of nitrogens with zero attached hydrogens (tertiary/aromatic N) is 2. The van der Waals surface area contributed by atoms with Crippen LogP contribution in [0, 0.1) is 0 Å². The second kappa shape index (κ2) is 10.1. The number of carboxylic acids is 1. The van der Waals surface area contributed by atoms with Crippen LogP contribution in [0.25, 0.3) is 6.08 Å². The van der Waals surface area contributed by atoms with Crippen LogP contribution in [-0.2, 0) is 9.59 Å². The van der Waals surface area contributed by atoms with Crippen LogP contribution in [0.1, 0.15) is 5.56 Å². The minimum absolute atomic E-state index is 0.221. The van der Waals surface area contributed by atoms with Gasteiger partial charge in [0.2, 0.25) is 0 Å². The summed E-state index contributed by atoms with van der Waals surface area (Å²) in [4.78, 5) is 30.6. The molecule has 1 amide bonds. The van der Waals surface area contributed by atoms with Crippen molar-refractivity contribution >= 4 is 69.5 Å².